The summed E-state index contributed by atoms with van der Waals surface area (Å²) in [4.78, 5) is 10.6. The number of nitrogens with zero attached hydrogens (tertiary/aromatic N) is 4. The third-order valence-corrected chi connectivity index (χ3v) is 8.07. The van der Waals surface area contributed by atoms with Gasteiger partial charge in [0.2, 0.25) is 0 Å². The molecule has 1 aliphatic rings. The molecular formula is C40H29N5. The number of hydrogen-bond acceptors (Lipinski definition) is 4. The van der Waals surface area contributed by atoms with E-state index in [1.54, 1.807) is 0 Å². The molecule has 8 rings (SSSR count). The molecule has 0 bridgehead atoms. The van der Waals surface area contributed by atoms with Crippen LogP contribution in [0.5, 0.6) is 0 Å². The second-order valence-electron chi connectivity index (χ2n) is 11.0. The van der Waals surface area contributed by atoms with Crippen molar-refractivity contribution in [3.63, 3.8) is 0 Å². The number of aromatic nitrogens is 3. The predicted octanol–water partition coefficient (Wildman–Crippen LogP) is 8.86. The first-order valence-electron chi connectivity index (χ1n) is 15.1. The number of benzene rings is 5. The summed E-state index contributed by atoms with van der Waals surface area (Å²) in [6.07, 6.45) is 1.67. The van der Waals surface area contributed by atoms with Gasteiger partial charge in [-0.3, -0.25) is 4.99 Å². The molecule has 0 saturated heterocycles. The molecule has 0 aliphatic carbocycles. The zero-order valence-electron chi connectivity index (χ0n) is 24.5. The second-order valence-corrected chi connectivity index (χ2v) is 11.0. The van der Waals surface area contributed by atoms with Gasteiger partial charge in [-0.25, -0.2) is 9.50 Å². The predicted molar refractivity (Wildman–Crippen MR) is 183 cm³/mol. The first kappa shape index (κ1) is 26.5. The summed E-state index contributed by atoms with van der Waals surface area (Å²) < 4.78 is 1.99. The number of hydrogen-bond donors (Lipinski definition) is 1. The van der Waals surface area contributed by atoms with Crippen LogP contribution in [0.3, 0.4) is 0 Å². The average molecular weight is 580 g/mol. The van der Waals surface area contributed by atoms with Gasteiger partial charge in [-0.2, -0.15) is 5.10 Å². The summed E-state index contributed by atoms with van der Waals surface area (Å²) in [5.41, 5.74) is 11.6. The van der Waals surface area contributed by atoms with Crippen LogP contribution in [0, 0.1) is 0 Å². The number of allylic oxidation sites excluding steroid dienone is 1. The van der Waals surface area contributed by atoms with Crippen LogP contribution in [0.1, 0.15) is 23.0 Å². The van der Waals surface area contributed by atoms with E-state index < -0.39 is 6.17 Å². The van der Waals surface area contributed by atoms with E-state index >= 15 is 0 Å². The second kappa shape index (κ2) is 11.5. The van der Waals surface area contributed by atoms with Gasteiger partial charge in [-0.1, -0.05) is 152 Å². The Morgan fingerprint density at radius 1 is 0.533 bits per heavy atom. The molecule has 5 heteroatoms. The Balaban J connectivity index is 1.40. The molecule has 0 radical (unpaired) electrons. The Morgan fingerprint density at radius 3 is 1.64 bits per heavy atom. The lowest BCUT2D eigenvalue weighted by atomic mass is 10.0. The molecule has 1 atom stereocenters. The molecule has 0 spiro atoms. The van der Waals surface area contributed by atoms with Crippen LogP contribution in [0.25, 0.3) is 45.0 Å². The van der Waals surface area contributed by atoms with Crippen LogP contribution in [0.2, 0.25) is 0 Å². The first-order chi connectivity index (χ1) is 22.3. The van der Waals surface area contributed by atoms with E-state index in [1.165, 1.54) is 0 Å². The zero-order valence-corrected chi connectivity index (χ0v) is 24.5. The minimum atomic E-state index is -0.457. The van der Waals surface area contributed by atoms with Gasteiger partial charge in [0.15, 0.2) is 11.8 Å². The molecule has 0 saturated carbocycles. The average Bonchev–Trinajstić information content (AvgIpc) is 3.53. The van der Waals surface area contributed by atoms with Crippen LogP contribution < -0.4 is 5.32 Å². The molecule has 3 heterocycles. The number of nitrogens with one attached hydrogen (secondary N) is 1. The van der Waals surface area contributed by atoms with E-state index in [4.69, 9.17) is 15.1 Å². The largest absolute Gasteiger partial charge is 0.358 e. The molecule has 45 heavy (non-hydrogen) atoms. The van der Waals surface area contributed by atoms with Crippen molar-refractivity contribution in [2.45, 2.75) is 6.17 Å². The fourth-order valence-corrected chi connectivity index (χ4v) is 5.89. The van der Waals surface area contributed by atoms with E-state index in [0.717, 1.165) is 67.5 Å². The Kier molecular flexibility index (Phi) is 6.81. The molecule has 1 aliphatic heterocycles. The van der Waals surface area contributed by atoms with Gasteiger partial charge in [0.25, 0.3) is 0 Å². The maximum Gasteiger partial charge on any atom is 0.165 e. The summed E-state index contributed by atoms with van der Waals surface area (Å²) in [6, 6.07) is 54.0. The number of aliphatic imine (C=N–C) groups is 1. The third-order valence-electron chi connectivity index (χ3n) is 8.07. The number of fused-ring (bicyclic) bond motifs is 1. The molecule has 214 valence electrons. The summed E-state index contributed by atoms with van der Waals surface area (Å²) in [7, 11) is 0. The van der Waals surface area contributed by atoms with Crippen molar-refractivity contribution in [3.05, 3.63) is 181 Å². The van der Waals surface area contributed by atoms with E-state index in [-0.39, 0.29) is 0 Å². The highest BCUT2D eigenvalue weighted by Crippen LogP contribution is 2.38. The van der Waals surface area contributed by atoms with E-state index in [2.05, 4.69) is 115 Å². The Hall–Kier alpha value is -6.07. The van der Waals surface area contributed by atoms with Gasteiger partial charge in [0.05, 0.1) is 22.7 Å². The third kappa shape index (κ3) is 5.11. The molecular weight excluding hydrogens is 550 g/mol. The smallest absolute Gasteiger partial charge is 0.165 e. The van der Waals surface area contributed by atoms with E-state index in [0.29, 0.717) is 0 Å². The lowest BCUT2D eigenvalue weighted by molar-refractivity contribution is 0.636. The molecule has 0 amide bonds. The topological polar surface area (TPSA) is 54.6 Å². The van der Waals surface area contributed by atoms with Gasteiger partial charge in [0.1, 0.15) is 5.69 Å². The van der Waals surface area contributed by atoms with Crippen molar-refractivity contribution >= 4 is 17.1 Å². The van der Waals surface area contributed by atoms with Crippen LogP contribution in [-0.2, 0) is 0 Å². The Morgan fingerprint density at radius 2 is 1.04 bits per heavy atom. The van der Waals surface area contributed by atoms with E-state index in [9.17, 15) is 0 Å². The molecule has 0 fully saturated rings. The quantitative estimate of drug-likeness (QED) is 0.214. The minimum absolute atomic E-state index is 0.457. The summed E-state index contributed by atoms with van der Waals surface area (Å²) in [5.74, 6) is 0. The maximum absolute atomic E-state index is 5.34. The standard InChI is InChI=1S/C40H29N5/c1-6-16-28(17-7-1)33-26-34(29-18-8-2-9-19-29)42-39(41-33)38-37(32-24-14-5-15-25-32)40-43-35(30-20-10-3-11-21-30)27-36(45(40)44-38)31-22-12-4-13-23-31/h1-27,39,41H. The van der Waals surface area contributed by atoms with Gasteiger partial charge >= 0.3 is 0 Å². The molecule has 7 aromatic rings. The van der Waals surface area contributed by atoms with Crippen LogP contribution in [0.4, 0.5) is 0 Å². The zero-order chi connectivity index (χ0) is 30.0. The normalized spacial score (nSPS) is 14.4. The fourth-order valence-electron chi connectivity index (χ4n) is 5.89. The summed E-state index contributed by atoms with van der Waals surface area (Å²) in [6.45, 7) is 0. The van der Waals surface area contributed by atoms with Crippen molar-refractivity contribution in [3.8, 4) is 33.6 Å². The number of rotatable bonds is 6. The van der Waals surface area contributed by atoms with Gasteiger partial charge < -0.3 is 5.32 Å². The van der Waals surface area contributed by atoms with E-state index in [1.807, 2.05) is 59.1 Å². The highest BCUT2D eigenvalue weighted by atomic mass is 15.3. The minimum Gasteiger partial charge on any atom is -0.358 e. The van der Waals surface area contributed by atoms with Crippen molar-refractivity contribution in [2.24, 2.45) is 4.99 Å². The lowest BCUT2D eigenvalue weighted by Crippen LogP contribution is -2.25. The molecule has 5 nitrogen and oxygen atoms in total. The first-order valence-corrected chi connectivity index (χ1v) is 15.1. The monoisotopic (exact) mass is 579 g/mol. The highest BCUT2D eigenvalue weighted by molar-refractivity contribution is 6.13. The van der Waals surface area contributed by atoms with Crippen LogP contribution >= 0.6 is 0 Å². The molecule has 1 N–H and O–H groups in total. The molecule has 1 unspecified atom stereocenters. The van der Waals surface area contributed by atoms with Crippen molar-refractivity contribution in [2.75, 3.05) is 0 Å². The maximum atomic E-state index is 5.34. The van der Waals surface area contributed by atoms with Gasteiger partial charge in [-0.15, -0.1) is 0 Å². The Bertz CT molecular complexity index is 2150. The van der Waals surface area contributed by atoms with Crippen molar-refractivity contribution < 1.29 is 0 Å². The highest BCUT2D eigenvalue weighted by Gasteiger charge is 2.28. The van der Waals surface area contributed by atoms with Crippen LogP contribution in [0.15, 0.2) is 169 Å². The summed E-state index contributed by atoms with van der Waals surface area (Å²) >= 11 is 0. The van der Waals surface area contributed by atoms with Gasteiger partial charge in [-0.05, 0) is 28.8 Å². The lowest BCUT2D eigenvalue weighted by Gasteiger charge is -2.24. The summed E-state index contributed by atoms with van der Waals surface area (Å²) in [5, 5.41) is 9.07. The molecule has 2 aromatic heterocycles. The van der Waals surface area contributed by atoms with Gasteiger partial charge in [0, 0.05) is 16.8 Å². The van der Waals surface area contributed by atoms with Crippen molar-refractivity contribution in [1.29, 1.82) is 0 Å². The SMILES string of the molecule is C1=C(c2ccccc2)NC(c2nn3c(-c4ccccc4)cc(-c4ccccc4)nc3c2-c2ccccc2)N=C1c1ccccc1. The van der Waals surface area contributed by atoms with Crippen molar-refractivity contribution in [1.82, 2.24) is 19.9 Å². The molecule has 5 aromatic carbocycles. The van der Waals surface area contributed by atoms with Crippen LogP contribution in [-0.4, -0.2) is 20.3 Å². The fraction of sp³-hybridized carbons (Fsp3) is 0.0250. The Labute approximate surface area is 261 Å².